The van der Waals surface area contributed by atoms with Crippen LogP contribution in [0.2, 0.25) is 0 Å². The number of hydrogen-bond acceptors (Lipinski definition) is 1. The average Bonchev–Trinajstić information content (AvgIpc) is 2.67. The van der Waals surface area contributed by atoms with Gasteiger partial charge in [0.1, 0.15) is 0 Å². The summed E-state index contributed by atoms with van der Waals surface area (Å²) in [5.41, 5.74) is -0.171. The Labute approximate surface area is 62.4 Å². The van der Waals surface area contributed by atoms with E-state index in [0.29, 0.717) is 11.8 Å². The van der Waals surface area contributed by atoms with E-state index in [-0.39, 0.29) is 5.60 Å². The van der Waals surface area contributed by atoms with E-state index in [9.17, 15) is 5.11 Å². The first-order chi connectivity index (χ1) is 4.77. The standard InChI is InChI=1S/C9H16O/c1-2-3-8-6-9(8,10)7-4-5-7/h7-8,10H,2-6H2,1H3. The van der Waals surface area contributed by atoms with Crippen LogP contribution < -0.4 is 0 Å². The fourth-order valence-corrected chi connectivity index (χ4v) is 2.12. The van der Waals surface area contributed by atoms with Crippen molar-refractivity contribution in [2.45, 2.75) is 44.6 Å². The van der Waals surface area contributed by atoms with Crippen molar-refractivity contribution < 1.29 is 5.11 Å². The predicted molar refractivity (Wildman–Crippen MR) is 40.7 cm³/mol. The van der Waals surface area contributed by atoms with Crippen molar-refractivity contribution in [3.63, 3.8) is 0 Å². The lowest BCUT2D eigenvalue weighted by Gasteiger charge is -2.06. The van der Waals surface area contributed by atoms with Crippen LogP contribution in [-0.2, 0) is 0 Å². The van der Waals surface area contributed by atoms with Gasteiger partial charge in [0.25, 0.3) is 0 Å². The Balaban J connectivity index is 1.85. The van der Waals surface area contributed by atoms with E-state index in [1.807, 2.05) is 0 Å². The third-order valence-corrected chi connectivity index (χ3v) is 3.04. The Morgan fingerprint density at radius 2 is 2.20 bits per heavy atom. The van der Waals surface area contributed by atoms with Gasteiger partial charge in [-0.1, -0.05) is 13.3 Å². The van der Waals surface area contributed by atoms with Crippen LogP contribution in [0.4, 0.5) is 0 Å². The molecule has 0 amide bonds. The highest BCUT2D eigenvalue weighted by Crippen LogP contribution is 2.59. The summed E-state index contributed by atoms with van der Waals surface area (Å²) >= 11 is 0. The van der Waals surface area contributed by atoms with Crippen molar-refractivity contribution in [2.24, 2.45) is 11.8 Å². The summed E-state index contributed by atoms with van der Waals surface area (Å²) in [5, 5.41) is 9.86. The van der Waals surface area contributed by atoms with Crippen LogP contribution in [0.1, 0.15) is 39.0 Å². The lowest BCUT2D eigenvalue weighted by atomic mass is 10.1. The molecule has 2 aliphatic carbocycles. The maximum Gasteiger partial charge on any atom is 0.0708 e. The molecule has 0 heterocycles. The molecule has 2 unspecified atom stereocenters. The Morgan fingerprint density at radius 1 is 1.50 bits per heavy atom. The molecule has 2 aliphatic rings. The highest BCUT2D eigenvalue weighted by molar-refractivity contribution is 5.11. The fourth-order valence-electron chi connectivity index (χ4n) is 2.12. The van der Waals surface area contributed by atoms with E-state index in [2.05, 4.69) is 6.92 Å². The molecule has 1 heteroatoms. The molecule has 0 aromatic rings. The van der Waals surface area contributed by atoms with Gasteiger partial charge < -0.3 is 5.11 Å². The zero-order valence-electron chi connectivity index (χ0n) is 6.64. The number of aliphatic hydroxyl groups is 1. The van der Waals surface area contributed by atoms with Crippen molar-refractivity contribution in [3.05, 3.63) is 0 Å². The highest BCUT2D eigenvalue weighted by atomic mass is 16.3. The lowest BCUT2D eigenvalue weighted by Crippen LogP contribution is -2.13. The van der Waals surface area contributed by atoms with Crippen LogP contribution in [0.3, 0.4) is 0 Å². The molecule has 0 spiro atoms. The van der Waals surface area contributed by atoms with Gasteiger partial charge in [0, 0.05) is 0 Å². The van der Waals surface area contributed by atoms with Crippen LogP contribution in [0.15, 0.2) is 0 Å². The SMILES string of the molecule is CCCC1CC1(O)C1CC1. The van der Waals surface area contributed by atoms with Gasteiger partial charge in [-0.3, -0.25) is 0 Å². The smallest absolute Gasteiger partial charge is 0.0708 e. The molecule has 2 atom stereocenters. The van der Waals surface area contributed by atoms with E-state index in [0.717, 1.165) is 6.42 Å². The maximum atomic E-state index is 9.86. The maximum absolute atomic E-state index is 9.86. The average molecular weight is 140 g/mol. The minimum atomic E-state index is -0.171. The Morgan fingerprint density at radius 3 is 2.70 bits per heavy atom. The summed E-state index contributed by atoms with van der Waals surface area (Å²) in [6, 6.07) is 0. The molecule has 58 valence electrons. The van der Waals surface area contributed by atoms with Gasteiger partial charge in [-0.2, -0.15) is 0 Å². The van der Waals surface area contributed by atoms with Gasteiger partial charge >= 0.3 is 0 Å². The van der Waals surface area contributed by atoms with E-state index < -0.39 is 0 Å². The van der Waals surface area contributed by atoms with Crippen molar-refractivity contribution in [1.29, 1.82) is 0 Å². The third kappa shape index (κ3) is 0.878. The molecule has 0 saturated heterocycles. The quantitative estimate of drug-likeness (QED) is 0.635. The topological polar surface area (TPSA) is 20.2 Å². The molecule has 1 N–H and O–H groups in total. The van der Waals surface area contributed by atoms with Crippen molar-refractivity contribution in [1.82, 2.24) is 0 Å². The third-order valence-electron chi connectivity index (χ3n) is 3.04. The molecule has 0 radical (unpaired) electrons. The summed E-state index contributed by atoms with van der Waals surface area (Å²) < 4.78 is 0. The molecule has 0 aliphatic heterocycles. The van der Waals surface area contributed by atoms with Gasteiger partial charge in [-0.25, -0.2) is 0 Å². The van der Waals surface area contributed by atoms with Crippen LogP contribution in [0.5, 0.6) is 0 Å². The van der Waals surface area contributed by atoms with Crippen LogP contribution >= 0.6 is 0 Å². The number of hydrogen-bond donors (Lipinski definition) is 1. The molecule has 10 heavy (non-hydrogen) atoms. The summed E-state index contributed by atoms with van der Waals surface area (Å²) in [5.74, 6) is 1.37. The van der Waals surface area contributed by atoms with Gasteiger partial charge in [0.05, 0.1) is 5.60 Å². The zero-order chi connectivity index (χ0) is 7.19. The Kier molecular flexibility index (Phi) is 1.31. The Bertz CT molecular complexity index is 140. The van der Waals surface area contributed by atoms with Crippen LogP contribution in [-0.4, -0.2) is 10.7 Å². The molecule has 1 nitrogen and oxygen atoms in total. The largest absolute Gasteiger partial charge is 0.389 e. The summed E-state index contributed by atoms with van der Waals surface area (Å²) in [6.07, 6.45) is 6.16. The second kappa shape index (κ2) is 1.97. The zero-order valence-corrected chi connectivity index (χ0v) is 6.64. The van der Waals surface area contributed by atoms with Crippen molar-refractivity contribution in [2.75, 3.05) is 0 Å². The van der Waals surface area contributed by atoms with Crippen LogP contribution in [0, 0.1) is 11.8 Å². The van der Waals surface area contributed by atoms with Gasteiger partial charge in [-0.15, -0.1) is 0 Å². The van der Waals surface area contributed by atoms with E-state index in [1.54, 1.807) is 0 Å². The second-order valence-electron chi connectivity index (χ2n) is 3.96. The highest BCUT2D eigenvalue weighted by Gasteiger charge is 2.60. The van der Waals surface area contributed by atoms with E-state index >= 15 is 0 Å². The van der Waals surface area contributed by atoms with Crippen molar-refractivity contribution in [3.8, 4) is 0 Å². The first kappa shape index (κ1) is 6.66. The Hall–Kier alpha value is -0.0400. The molecule has 2 saturated carbocycles. The normalized spacial score (nSPS) is 45.6. The summed E-state index contributed by atoms with van der Waals surface area (Å²) in [4.78, 5) is 0. The second-order valence-corrected chi connectivity index (χ2v) is 3.96. The number of rotatable bonds is 3. The fraction of sp³-hybridized carbons (Fsp3) is 1.00. The molecular weight excluding hydrogens is 124 g/mol. The molecule has 2 rings (SSSR count). The predicted octanol–water partition coefficient (Wildman–Crippen LogP) is 1.95. The monoisotopic (exact) mass is 140 g/mol. The molecule has 0 aromatic heterocycles. The van der Waals surface area contributed by atoms with E-state index in [1.165, 1.54) is 25.7 Å². The summed E-state index contributed by atoms with van der Waals surface area (Å²) in [6.45, 7) is 2.20. The first-order valence-corrected chi connectivity index (χ1v) is 4.49. The van der Waals surface area contributed by atoms with Gasteiger partial charge in [0.15, 0.2) is 0 Å². The molecular formula is C9H16O. The molecule has 2 fully saturated rings. The van der Waals surface area contributed by atoms with Crippen molar-refractivity contribution >= 4 is 0 Å². The van der Waals surface area contributed by atoms with E-state index in [4.69, 9.17) is 0 Å². The van der Waals surface area contributed by atoms with Gasteiger partial charge in [0.2, 0.25) is 0 Å². The lowest BCUT2D eigenvalue weighted by molar-refractivity contribution is 0.105. The minimum Gasteiger partial charge on any atom is -0.389 e. The molecule has 0 bridgehead atoms. The molecule has 0 aromatic carbocycles. The first-order valence-electron chi connectivity index (χ1n) is 4.49. The van der Waals surface area contributed by atoms with Gasteiger partial charge in [-0.05, 0) is 37.5 Å². The van der Waals surface area contributed by atoms with Crippen LogP contribution in [0.25, 0.3) is 0 Å². The summed E-state index contributed by atoms with van der Waals surface area (Å²) in [7, 11) is 0. The minimum absolute atomic E-state index is 0.171.